The maximum Gasteiger partial charge on any atom is 0.251 e. The van der Waals surface area contributed by atoms with Crippen LogP contribution in [0, 0.1) is 11.8 Å². The minimum Gasteiger partial charge on any atom is -0.486 e. The Hall–Kier alpha value is -3.02. The van der Waals surface area contributed by atoms with Crippen LogP contribution in [-0.2, 0) is 11.3 Å². The Morgan fingerprint density at radius 1 is 1.04 bits per heavy atom. The summed E-state index contributed by atoms with van der Waals surface area (Å²) in [6.45, 7) is 3.55. The van der Waals surface area contributed by atoms with Crippen molar-refractivity contribution in [3.63, 3.8) is 0 Å². The molecule has 0 radical (unpaired) electrons. The van der Waals surface area contributed by atoms with E-state index in [9.17, 15) is 9.59 Å². The first kappa shape index (κ1) is 17.4. The Morgan fingerprint density at radius 3 is 2.44 bits per heavy atom. The zero-order valence-electron chi connectivity index (χ0n) is 15.2. The van der Waals surface area contributed by atoms with E-state index in [0.29, 0.717) is 42.7 Å². The number of carbonyl (C=O) groups is 2. The standard InChI is InChI=1S/C21H22N2O4/c1-13-10-17(13)21(25)23-16-5-3-15(4-6-16)20(24)22-12-14-2-7-18-19(11-14)27-9-8-26-18/h2-7,11,13,17H,8-10,12H2,1H3,(H,22,24)(H,23,25). The highest BCUT2D eigenvalue weighted by Gasteiger charge is 2.39. The van der Waals surface area contributed by atoms with Crippen molar-refractivity contribution in [2.24, 2.45) is 11.8 Å². The van der Waals surface area contributed by atoms with Crippen molar-refractivity contribution in [1.29, 1.82) is 0 Å². The summed E-state index contributed by atoms with van der Waals surface area (Å²) in [6, 6.07) is 12.6. The molecule has 27 heavy (non-hydrogen) atoms. The van der Waals surface area contributed by atoms with Crippen LogP contribution in [0.15, 0.2) is 42.5 Å². The first-order chi connectivity index (χ1) is 13.1. The molecule has 2 N–H and O–H groups in total. The van der Waals surface area contributed by atoms with Crippen molar-refractivity contribution < 1.29 is 19.1 Å². The smallest absolute Gasteiger partial charge is 0.251 e. The van der Waals surface area contributed by atoms with E-state index in [0.717, 1.165) is 17.7 Å². The van der Waals surface area contributed by atoms with Gasteiger partial charge in [0.05, 0.1) is 0 Å². The monoisotopic (exact) mass is 366 g/mol. The molecule has 6 nitrogen and oxygen atoms in total. The number of carbonyl (C=O) groups excluding carboxylic acids is 2. The van der Waals surface area contributed by atoms with Crippen molar-refractivity contribution >= 4 is 17.5 Å². The largest absolute Gasteiger partial charge is 0.486 e. The quantitative estimate of drug-likeness (QED) is 0.853. The molecule has 6 heteroatoms. The van der Waals surface area contributed by atoms with Crippen molar-refractivity contribution in [1.82, 2.24) is 5.32 Å². The molecule has 2 amide bonds. The summed E-state index contributed by atoms with van der Waals surface area (Å²) in [6.07, 6.45) is 0.951. The fourth-order valence-corrected chi connectivity index (χ4v) is 3.11. The third-order valence-corrected chi connectivity index (χ3v) is 4.92. The molecule has 2 aromatic rings. The summed E-state index contributed by atoms with van der Waals surface area (Å²) < 4.78 is 11.1. The van der Waals surface area contributed by atoms with Crippen LogP contribution < -0.4 is 20.1 Å². The number of nitrogens with one attached hydrogen (secondary N) is 2. The highest BCUT2D eigenvalue weighted by molar-refractivity contribution is 5.96. The van der Waals surface area contributed by atoms with Gasteiger partial charge in [0.15, 0.2) is 11.5 Å². The molecule has 0 aromatic heterocycles. The molecule has 2 aliphatic rings. The third-order valence-electron chi connectivity index (χ3n) is 4.92. The molecule has 0 saturated heterocycles. The minimum atomic E-state index is -0.168. The van der Waals surface area contributed by atoms with Crippen LogP contribution in [0.3, 0.4) is 0 Å². The number of anilines is 1. The average molecular weight is 366 g/mol. The summed E-state index contributed by atoms with van der Waals surface area (Å²) in [7, 11) is 0. The predicted octanol–water partition coefficient (Wildman–Crippen LogP) is 2.98. The van der Waals surface area contributed by atoms with Gasteiger partial charge in [-0.25, -0.2) is 0 Å². The fourth-order valence-electron chi connectivity index (χ4n) is 3.11. The van der Waals surface area contributed by atoms with Gasteiger partial charge >= 0.3 is 0 Å². The highest BCUT2D eigenvalue weighted by Crippen LogP contribution is 2.38. The zero-order valence-corrected chi connectivity index (χ0v) is 15.2. The number of fused-ring (bicyclic) bond motifs is 1. The molecule has 2 atom stereocenters. The molecule has 2 aromatic carbocycles. The average Bonchev–Trinajstić information content (AvgIpc) is 3.43. The van der Waals surface area contributed by atoms with Crippen LogP contribution in [-0.4, -0.2) is 25.0 Å². The lowest BCUT2D eigenvalue weighted by molar-refractivity contribution is -0.117. The van der Waals surface area contributed by atoms with Crippen LogP contribution in [0.4, 0.5) is 5.69 Å². The van der Waals surface area contributed by atoms with Crippen LogP contribution in [0.1, 0.15) is 29.3 Å². The lowest BCUT2D eigenvalue weighted by Crippen LogP contribution is -2.23. The van der Waals surface area contributed by atoms with E-state index in [2.05, 4.69) is 17.6 Å². The summed E-state index contributed by atoms with van der Waals surface area (Å²) in [4.78, 5) is 24.3. The van der Waals surface area contributed by atoms with Gasteiger partial charge in [0.25, 0.3) is 5.91 Å². The van der Waals surface area contributed by atoms with Crippen molar-refractivity contribution in [3.8, 4) is 11.5 Å². The Balaban J connectivity index is 1.32. The van der Waals surface area contributed by atoms with Gasteiger partial charge in [-0.2, -0.15) is 0 Å². The molecule has 1 fully saturated rings. The number of rotatable bonds is 5. The van der Waals surface area contributed by atoms with E-state index < -0.39 is 0 Å². The maximum absolute atomic E-state index is 12.3. The maximum atomic E-state index is 12.3. The van der Waals surface area contributed by atoms with E-state index in [4.69, 9.17) is 9.47 Å². The molecule has 1 aliphatic carbocycles. The third kappa shape index (κ3) is 4.05. The normalized spacial score (nSPS) is 19.9. The first-order valence-corrected chi connectivity index (χ1v) is 9.18. The molecular weight excluding hydrogens is 344 g/mol. The van der Waals surface area contributed by atoms with E-state index >= 15 is 0 Å². The van der Waals surface area contributed by atoms with Gasteiger partial charge in [-0.3, -0.25) is 9.59 Å². The molecule has 2 unspecified atom stereocenters. The second-order valence-electron chi connectivity index (χ2n) is 7.05. The highest BCUT2D eigenvalue weighted by atomic mass is 16.6. The molecule has 140 valence electrons. The Bertz CT molecular complexity index is 863. The van der Waals surface area contributed by atoms with Crippen molar-refractivity contribution in [2.45, 2.75) is 19.9 Å². The predicted molar refractivity (Wildman–Crippen MR) is 101 cm³/mol. The Kier molecular flexibility index (Phi) is 4.71. The topological polar surface area (TPSA) is 76.7 Å². The van der Waals surface area contributed by atoms with Crippen LogP contribution >= 0.6 is 0 Å². The number of benzene rings is 2. The van der Waals surface area contributed by atoms with E-state index in [-0.39, 0.29) is 17.7 Å². The van der Waals surface area contributed by atoms with E-state index in [1.165, 1.54) is 0 Å². The van der Waals surface area contributed by atoms with Gasteiger partial charge < -0.3 is 20.1 Å². The molecule has 0 bridgehead atoms. The van der Waals surface area contributed by atoms with Gasteiger partial charge in [-0.1, -0.05) is 13.0 Å². The van der Waals surface area contributed by atoms with Gasteiger partial charge in [-0.15, -0.1) is 0 Å². The van der Waals surface area contributed by atoms with Gasteiger partial charge in [0.2, 0.25) is 5.91 Å². The molecule has 4 rings (SSSR count). The second kappa shape index (κ2) is 7.31. The van der Waals surface area contributed by atoms with Gasteiger partial charge in [-0.05, 0) is 54.3 Å². The minimum absolute atomic E-state index is 0.0540. The molecule has 0 spiro atoms. The first-order valence-electron chi connectivity index (χ1n) is 9.18. The fraction of sp³-hybridized carbons (Fsp3) is 0.333. The van der Waals surface area contributed by atoms with Crippen molar-refractivity contribution in [2.75, 3.05) is 18.5 Å². The number of hydrogen-bond acceptors (Lipinski definition) is 4. The van der Waals surface area contributed by atoms with Crippen LogP contribution in [0.25, 0.3) is 0 Å². The molecule has 1 aliphatic heterocycles. The number of ether oxygens (including phenoxy) is 2. The van der Waals surface area contributed by atoms with Crippen LogP contribution in [0.2, 0.25) is 0 Å². The summed E-state index contributed by atoms with van der Waals surface area (Å²) in [5.74, 6) is 1.92. The summed E-state index contributed by atoms with van der Waals surface area (Å²) in [5, 5.41) is 5.78. The van der Waals surface area contributed by atoms with E-state index in [1.807, 2.05) is 18.2 Å². The Labute approximate surface area is 157 Å². The Morgan fingerprint density at radius 2 is 1.74 bits per heavy atom. The van der Waals surface area contributed by atoms with Crippen molar-refractivity contribution in [3.05, 3.63) is 53.6 Å². The lowest BCUT2D eigenvalue weighted by Gasteiger charge is -2.19. The van der Waals surface area contributed by atoms with Gasteiger partial charge in [0, 0.05) is 23.7 Å². The van der Waals surface area contributed by atoms with Crippen LogP contribution in [0.5, 0.6) is 11.5 Å². The lowest BCUT2D eigenvalue weighted by atomic mass is 10.1. The summed E-state index contributed by atoms with van der Waals surface area (Å²) in [5.41, 5.74) is 2.20. The number of hydrogen-bond donors (Lipinski definition) is 2. The molecule has 1 saturated carbocycles. The molecule has 1 heterocycles. The SMILES string of the molecule is CC1CC1C(=O)Nc1ccc(C(=O)NCc2ccc3c(c2)OCCO3)cc1. The zero-order chi connectivity index (χ0) is 18.8. The second-order valence-corrected chi connectivity index (χ2v) is 7.05. The van der Waals surface area contributed by atoms with E-state index in [1.54, 1.807) is 24.3 Å². The van der Waals surface area contributed by atoms with Gasteiger partial charge in [0.1, 0.15) is 13.2 Å². The summed E-state index contributed by atoms with van der Waals surface area (Å²) >= 11 is 0. The number of amides is 2. The molecular formula is C21H22N2O4.